The number of carbonyl (C=O) groups is 1. The van der Waals surface area contributed by atoms with Crippen molar-refractivity contribution in [2.45, 2.75) is 72.8 Å². The minimum Gasteiger partial charge on any atom is -0.307 e. The quantitative estimate of drug-likeness (QED) is 0.200. The van der Waals surface area contributed by atoms with E-state index in [4.69, 9.17) is 0 Å². The molecule has 0 spiro atoms. The van der Waals surface area contributed by atoms with E-state index < -0.39 is 6.03 Å². The van der Waals surface area contributed by atoms with Gasteiger partial charge in [0.25, 0.3) is 5.56 Å². The number of para-hydroxylation sites is 1. The fourth-order valence-electron chi connectivity index (χ4n) is 6.13. The summed E-state index contributed by atoms with van der Waals surface area (Å²) < 4.78 is 1.68. The number of pyridine rings is 2. The lowest BCUT2D eigenvalue weighted by Crippen LogP contribution is -2.31. The van der Waals surface area contributed by atoms with E-state index in [2.05, 4.69) is 73.9 Å². The first-order valence-electron chi connectivity index (χ1n) is 16.2. The van der Waals surface area contributed by atoms with Crippen molar-refractivity contribution in [1.82, 2.24) is 14.5 Å². The molecule has 3 heterocycles. The van der Waals surface area contributed by atoms with Gasteiger partial charge in [0.1, 0.15) is 11.3 Å². The largest absolute Gasteiger partial charge is 0.323 e. The Balaban J connectivity index is 1.62. The smallest absolute Gasteiger partial charge is 0.307 e. The molecule has 0 bridgehead atoms. The zero-order valence-corrected chi connectivity index (χ0v) is 27.4. The van der Waals surface area contributed by atoms with Crippen LogP contribution in [0.2, 0.25) is 0 Å². The van der Waals surface area contributed by atoms with E-state index in [0.717, 1.165) is 53.0 Å². The molecule has 0 saturated carbocycles. The van der Waals surface area contributed by atoms with Gasteiger partial charge in [-0.05, 0) is 84.6 Å². The Morgan fingerprint density at radius 3 is 2.22 bits per heavy atom. The Labute approximate surface area is 267 Å². The van der Waals surface area contributed by atoms with Crippen molar-refractivity contribution in [1.29, 1.82) is 0 Å². The number of hydrogen-bond acceptors (Lipinski definition) is 4. The maximum Gasteiger partial charge on any atom is 0.323 e. The average molecular weight is 604 g/mol. The third-order valence-corrected chi connectivity index (χ3v) is 8.30. The second kappa shape index (κ2) is 14.1. The van der Waals surface area contributed by atoms with Crippen molar-refractivity contribution >= 4 is 28.4 Å². The summed E-state index contributed by atoms with van der Waals surface area (Å²) in [5, 5.41) is 6.93. The molecular weight excluding hydrogens is 558 g/mol. The standard InChI is InChI=1S/C38H45N5O2/c1-25(2)24-43-36-32(18-11-19-39-36)33(29-15-9-13-28(23-29)14-12-22-42-20-7-8-21-42)35(37(43)44)41-38(45)40-34-30(26(3)4)16-10-17-31(34)27(5)6/h9-11,13,15-19,23,25-27H,7-8,20-22,24H2,1-6H3,(H2,40,41,45). The highest BCUT2D eigenvalue weighted by molar-refractivity contribution is 6.07. The second-order valence-electron chi connectivity index (χ2n) is 13.0. The van der Waals surface area contributed by atoms with Crippen LogP contribution in [0.4, 0.5) is 16.2 Å². The molecule has 2 N–H and O–H groups in total. The zero-order chi connectivity index (χ0) is 32.1. The molecule has 4 aromatic rings. The van der Waals surface area contributed by atoms with Crippen molar-refractivity contribution in [3.63, 3.8) is 0 Å². The summed E-state index contributed by atoms with van der Waals surface area (Å²) >= 11 is 0. The number of benzene rings is 2. The molecule has 2 aromatic carbocycles. The molecule has 0 unspecified atom stereocenters. The summed E-state index contributed by atoms with van der Waals surface area (Å²) in [6.45, 7) is 16.0. The van der Waals surface area contributed by atoms with E-state index in [1.54, 1.807) is 10.8 Å². The molecule has 0 aliphatic carbocycles. The van der Waals surface area contributed by atoms with E-state index >= 15 is 0 Å². The van der Waals surface area contributed by atoms with Gasteiger partial charge in [0.15, 0.2) is 0 Å². The van der Waals surface area contributed by atoms with Gasteiger partial charge in [0.05, 0.1) is 6.54 Å². The summed E-state index contributed by atoms with van der Waals surface area (Å²) in [7, 11) is 0. The summed E-state index contributed by atoms with van der Waals surface area (Å²) in [6, 6.07) is 17.4. The molecule has 1 aliphatic heterocycles. The highest BCUT2D eigenvalue weighted by Crippen LogP contribution is 2.35. The number of fused-ring (bicyclic) bond motifs is 1. The van der Waals surface area contributed by atoms with Crippen LogP contribution in [0.15, 0.2) is 65.6 Å². The van der Waals surface area contributed by atoms with Gasteiger partial charge in [-0.25, -0.2) is 9.78 Å². The number of rotatable bonds is 8. The van der Waals surface area contributed by atoms with Crippen molar-refractivity contribution in [2.75, 3.05) is 30.3 Å². The first kappa shape index (κ1) is 32.0. The third-order valence-electron chi connectivity index (χ3n) is 8.30. The first-order chi connectivity index (χ1) is 21.6. The lowest BCUT2D eigenvalue weighted by Gasteiger charge is -2.22. The maximum absolute atomic E-state index is 14.3. The minimum absolute atomic E-state index is 0.196. The molecule has 0 atom stereocenters. The SMILES string of the molecule is CC(C)Cn1c(=O)c(NC(=O)Nc2c(C(C)C)cccc2C(C)C)c(-c2cccc(C#CCN3CCCC3)c2)c2cccnc21. The van der Waals surface area contributed by atoms with Crippen LogP contribution in [-0.2, 0) is 6.54 Å². The summed E-state index contributed by atoms with van der Waals surface area (Å²) in [4.78, 5) is 35.2. The van der Waals surface area contributed by atoms with Gasteiger partial charge >= 0.3 is 6.03 Å². The van der Waals surface area contributed by atoms with E-state index in [-0.39, 0.29) is 29.0 Å². The van der Waals surface area contributed by atoms with Gasteiger partial charge in [-0.15, -0.1) is 0 Å². The second-order valence-corrected chi connectivity index (χ2v) is 13.0. The molecule has 1 saturated heterocycles. The van der Waals surface area contributed by atoms with Crippen LogP contribution in [0.5, 0.6) is 0 Å². The predicted octanol–water partition coefficient (Wildman–Crippen LogP) is 8.06. The number of amides is 2. The lowest BCUT2D eigenvalue weighted by atomic mass is 9.93. The number of anilines is 2. The van der Waals surface area contributed by atoms with E-state index in [9.17, 15) is 9.59 Å². The van der Waals surface area contributed by atoms with Gasteiger partial charge in [0, 0.05) is 34.9 Å². The summed E-state index contributed by atoms with van der Waals surface area (Å²) in [5.74, 6) is 7.25. The normalized spacial score (nSPS) is 13.4. The van der Waals surface area contributed by atoms with E-state index in [1.165, 1.54) is 12.8 Å². The van der Waals surface area contributed by atoms with Crippen molar-refractivity contribution < 1.29 is 4.79 Å². The van der Waals surface area contributed by atoms with Crippen LogP contribution < -0.4 is 16.2 Å². The Morgan fingerprint density at radius 1 is 0.889 bits per heavy atom. The highest BCUT2D eigenvalue weighted by atomic mass is 16.2. The highest BCUT2D eigenvalue weighted by Gasteiger charge is 2.23. The Kier molecular flexibility index (Phi) is 10.0. The number of aromatic nitrogens is 2. The number of hydrogen-bond donors (Lipinski definition) is 2. The molecule has 0 radical (unpaired) electrons. The molecule has 234 valence electrons. The monoisotopic (exact) mass is 603 g/mol. The number of urea groups is 1. The fourth-order valence-corrected chi connectivity index (χ4v) is 6.13. The zero-order valence-electron chi connectivity index (χ0n) is 27.4. The number of likely N-dealkylation sites (tertiary alicyclic amines) is 1. The minimum atomic E-state index is -0.454. The van der Waals surface area contributed by atoms with Crippen molar-refractivity contribution in [3.8, 4) is 23.0 Å². The van der Waals surface area contributed by atoms with Gasteiger partial charge in [-0.1, -0.05) is 83.7 Å². The molecule has 1 aliphatic rings. The molecule has 45 heavy (non-hydrogen) atoms. The predicted molar refractivity (Wildman–Crippen MR) is 186 cm³/mol. The van der Waals surface area contributed by atoms with E-state index in [1.807, 2.05) is 54.6 Å². The van der Waals surface area contributed by atoms with Crippen LogP contribution in [0.1, 0.15) is 82.9 Å². The molecule has 1 fully saturated rings. The Bertz CT molecular complexity index is 1780. The summed E-state index contributed by atoms with van der Waals surface area (Å²) in [5.41, 5.74) is 5.73. The molecule has 7 heteroatoms. The van der Waals surface area contributed by atoms with Crippen LogP contribution in [0.3, 0.4) is 0 Å². The van der Waals surface area contributed by atoms with Crippen molar-refractivity contribution in [2.24, 2.45) is 5.92 Å². The molecule has 2 aromatic heterocycles. The molecular formula is C38H45N5O2. The van der Waals surface area contributed by atoms with Crippen LogP contribution in [0.25, 0.3) is 22.2 Å². The topological polar surface area (TPSA) is 79.3 Å². The maximum atomic E-state index is 14.3. The van der Waals surface area contributed by atoms with Gasteiger partial charge < -0.3 is 10.6 Å². The fraction of sp³-hybridized carbons (Fsp3) is 0.395. The summed E-state index contributed by atoms with van der Waals surface area (Å²) in [6.07, 6.45) is 4.16. The number of nitrogens with one attached hydrogen (secondary N) is 2. The van der Waals surface area contributed by atoms with E-state index in [0.29, 0.717) is 17.8 Å². The van der Waals surface area contributed by atoms with Gasteiger partial charge in [0.2, 0.25) is 0 Å². The third kappa shape index (κ3) is 7.29. The molecule has 5 rings (SSSR count). The number of carbonyl (C=O) groups excluding carboxylic acids is 1. The molecule has 7 nitrogen and oxygen atoms in total. The van der Waals surface area contributed by atoms with Gasteiger partial charge in [-0.2, -0.15) is 0 Å². The van der Waals surface area contributed by atoms with Gasteiger partial charge in [-0.3, -0.25) is 14.3 Å². The Hall–Kier alpha value is -4.41. The van der Waals surface area contributed by atoms with Crippen molar-refractivity contribution in [3.05, 3.63) is 87.8 Å². The first-order valence-corrected chi connectivity index (χ1v) is 16.2. The molecule has 2 amide bonds. The van der Waals surface area contributed by atoms with Crippen LogP contribution in [0, 0.1) is 17.8 Å². The van der Waals surface area contributed by atoms with Crippen LogP contribution in [-0.4, -0.2) is 40.1 Å². The lowest BCUT2D eigenvalue weighted by molar-refractivity contribution is 0.262. The Morgan fingerprint density at radius 2 is 1.56 bits per heavy atom. The average Bonchev–Trinajstić information content (AvgIpc) is 3.53. The number of nitrogens with zero attached hydrogens (tertiary/aromatic N) is 3. The van der Waals surface area contributed by atoms with Crippen LogP contribution >= 0.6 is 0 Å².